The lowest BCUT2D eigenvalue weighted by molar-refractivity contribution is -0.137. The van der Waals surface area contributed by atoms with Crippen molar-refractivity contribution >= 4 is 23.7 Å². The van der Waals surface area contributed by atoms with Crippen molar-refractivity contribution in [2.45, 2.75) is 13.0 Å². The highest BCUT2D eigenvalue weighted by Gasteiger charge is 2.24. The molecule has 0 unspecified atom stereocenters. The second-order valence-corrected chi connectivity index (χ2v) is 8.14. The minimum absolute atomic E-state index is 0.0270. The molecule has 2 aromatic carbocycles. The predicted molar refractivity (Wildman–Crippen MR) is 135 cm³/mol. The fourth-order valence-electron chi connectivity index (χ4n) is 3.92. The van der Waals surface area contributed by atoms with Gasteiger partial charge in [0.1, 0.15) is 0 Å². The number of carbonyl (C=O) groups excluding carboxylic acids is 2. The number of aromatic nitrogens is 1. The minimum Gasteiger partial charge on any atom is -0.481 e. The molecule has 182 valence electrons. The Labute approximate surface area is 208 Å². The van der Waals surface area contributed by atoms with Crippen LogP contribution in [-0.2, 0) is 11.3 Å². The molecule has 0 aliphatic carbocycles. The quantitative estimate of drug-likeness (QED) is 0.369. The molecule has 36 heavy (non-hydrogen) atoms. The summed E-state index contributed by atoms with van der Waals surface area (Å²) in [5.41, 5.74) is 2.72. The first-order valence-electron chi connectivity index (χ1n) is 11.4. The molecule has 8 heteroatoms. The van der Waals surface area contributed by atoms with Crippen LogP contribution in [0.3, 0.4) is 0 Å². The monoisotopic (exact) mass is 483 g/mol. The molecule has 0 radical (unpaired) electrons. The van der Waals surface area contributed by atoms with Crippen LogP contribution >= 0.6 is 0 Å². The average Bonchev–Trinajstić information content (AvgIpc) is 3.45. The SMILES string of the molecule is CN(C(=O)c1ccccc1-c1ccccc1C(=O)N(CCC(=O)O)Cc1cccnc1)c1ccco1. The summed E-state index contributed by atoms with van der Waals surface area (Å²) in [6.07, 6.45) is 4.57. The molecule has 2 aromatic heterocycles. The van der Waals surface area contributed by atoms with E-state index < -0.39 is 5.97 Å². The number of aliphatic carboxylic acids is 1. The molecule has 0 atom stereocenters. The summed E-state index contributed by atoms with van der Waals surface area (Å²) in [7, 11) is 1.62. The van der Waals surface area contributed by atoms with E-state index in [1.807, 2.05) is 6.07 Å². The topological polar surface area (TPSA) is 104 Å². The van der Waals surface area contributed by atoms with Gasteiger partial charge in [-0.3, -0.25) is 24.3 Å². The van der Waals surface area contributed by atoms with E-state index >= 15 is 0 Å². The van der Waals surface area contributed by atoms with Gasteiger partial charge in [-0.15, -0.1) is 0 Å². The number of carbonyl (C=O) groups is 3. The van der Waals surface area contributed by atoms with Gasteiger partial charge in [0.15, 0.2) is 0 Å². The molecule has 8 nitrogen and oxygen atoms in total. The summed E-state index contributed by atoms with van der Waals surface area (Å²) in [6, 6.07) is 21.1. The number of rotatable bonds is 9. The van der Waals surface area contributed by atoms with Crippen LogP contribution in [-0.4, -0.2) is 46.4 Å². The Morgan fingerprint density at radius 3 is 2.11 bits per heavy atom. The van der Waals surface area contributed by atoms with Gasteiger partial charge in [-0.2, -0.15) is 0 Å². The zero-order chi connectivity index (χ0) is 25.5. The number of hydrogen-bond donors (Lipinski definition) is 1. The second-order valence-electron chi connectivity index (χ2n) is 8.14. The number of amides is 2. The Morgan fingerprint density at radius 1 is 0.861 bits per heavy atom. The van der Waals surface area contributed by atoms with Gasteiger partial charge in [0.25, 0.3) is 11.8 Å². The van der Waals surface area contributed by atoms with Crippen molar-refractivity contribution in [3.8, 4) is 11.1 Å². The smallest absolute Gasteiger partial charge is 0.305 e. The molecule has 0 saturated heterocycles. The van der Waals surface area contributed by atoms with E-state index in [4.69, 9.17) is 4.42 Å². The fraction of sp³-hybridized carbons (Fsp3) is 0.143. The van der Waals surface area contributed by atoms with Crippen LogP contribution in [0.1, 0.15) is 32.7 Å². The van der Waals surface area contributed by atoms with E-state index in [1.54, 1.807) is 86.2 Å². The Kier molecular flexibility index (Phi) is 7.55. The zero-order valence-electron chi connectivity index (χ0n) is 19.7. The molecule has 0 bridgehead atoms. The molecule has 2 heterocycles. The van der Waals surface area contributed by atoms with Gasteiger partial charge in [0.05, 0.1) is 12.7 Å². The van der Waals surface area contributed by atoms with Crippen LogP contribution in [0.15, 0.2) is 95.9 Å². The van der Waals surface area contributed by atoms with Gasteiger partial charge in [-0.25, -0.2) is 0 Å². The van der Waals surface area contributed by atoms with Gasteiger partial charge in [0.2, 0.25) is 5.88 Å². The van der Waals surface area contributed by atoms with E-state index in [9.17, 15) is 19.5 Å². The van der Waals surface area contributed by atoms with Crippen LogP contribution in [0.4, 0.5) is 5.88 Å². The van der Waals surface area contributed by atoms with Gasteiger partial charge in [-0.05, 0) is 41.0 Å². The lowest BCUT2D eigenvalue weighted by Crippen LogP contribution is -2.33. The summed E-state index contributed by atoms with van der Waals surface area (Å²) in [5.74, 6) is -1.22. The summed E-state index contributed by atoms with van der Waals surface area (Å²) in [6.45, 7) is 0.231. The summed E-state index contributed by atoms with van der Waals surface area (Å²) < 4.78 is 5.37. The number of benzene rings is 2. The van der Waals surface area contributed by atoms with Gasteiger partial charge >= 0.3 is 5.97 Å². The Hall–Kier alpha value is -4.72. The molecule has 0 saturated carbocycles. The Bertz CT molecular complexity index is 1350. The van der Waals surface area contributed by atoms with Gasteiger partial charge in [0, 0.05) is 49.7 Å². The number of nitrogens with zero attached hydrogens (tertiary/aromatic N) is 3. The van der Waals surface area contributed by atoms with Crippen LogP contribution in [0.5, 0.6) is 0 Å². The standard InChI is InChI=1S/C28H25N3O5/c1-30(25-13-7-17-36-25)27(34)23-11-4-2-9-21(23)22-10-3-5-12-24(22)28(35)31(16-14-26(32)33)19-20-8-6-15-29-18-20/h2-13,15,17-18H,14,16,19H2,1H3,(H,32,33). The maximum atomic E-state index is 13.8. The van der Waals surface area contributed by atoms with Crippen molar-refractivity contribution in [3.63, 3.8) is 0 Å². The first-order valence-corrected chi connectivity index (χ1v) is 11.4. The Balaban J connectivity index is 1.72. The first-order chi connectivity index (χ1) is 17.5. The van der Waals surface area contributed by atoms with Crippen LogP contribution in [0, 0.1) is 0 Å². The van der Waals surface area contributed by atoms with Crippen molar-refractivity contribution in [3.05, 3.63) is 108 Å². The summed E-state index contributed by atoms with van der Waals surface area (Å²) >= 11 is 0. The fourth-order valence-corrected chi connectivity index (χ4v) is 3.92. The highest BCUT2D eigenvalue weighted by atomic mass is 16.4. The number of furan rings is 1. The maximum absolute atomic E-state index is 13.8. The van der Waals surface area contributed by atoms with E-state index in [0.717, 1.165) is 5.56 Å². The minimum atomic E-state index is -0.996. The van der Waals surface area contributed by atoms with E-state index in [2.05, 4.69) is 4.98 Å². The number of pyridine rings is 1. The first kappa shape index (κ1) is 24.4. The van der Waals surface area contributed by atoms with Crippen molar-refractivity contribution in [1.82, 2.24) is 9.88 Å². The molecule has 4 aromatic rings. The summed E-state index contributed by atoms with van der Waals surface area (Å²) in [4.78, 5) is 45.4. The molecule has 1 N–H and O–H groups in total. The highest BCUT2D eigenvalue weighted by Crippen LogP contribution is 2.30. The lowest BCUT2D eigenvalue weighted by Gasteiger charge is -2.24. The normalized spacial score (nSPS) is 10.6. The molecule has 0 aliphatic heterocycles. The average molecular weight is 484 g/mol. The summed E-state index contributed by atoms with van der Waals surface area (Å²) in [5, 5.41) is 9.24. The van der Waals surface area contributed by atoms with E-state index in [0.29, 0.717) is 28.1 Å². The largest absolute Gasteiger partial charge is 0.481 e. The number of carboxylic acid groups (broad SMARTS) is 1. The van der Waals surface area contributed by atoms with Crippen LogP contribution < -0.4 is 4.90 Å². The zero-order valence-corrected chi connectivity index (χ0v) is 19.7. The maximum Gasteiger partial charge on any atom is 0.305 e. The molecule has 2 amide bonds. The molecule has 0 aliphatic rings. The molecular weight excluding hydrogens is 458 g/mol. The second kappa shape index (κ2) is 11.1. The lowest BCUT2D eigenvalue weighted by atomic mass is 9.94. The van der Waals surface area contributed by atoms with Crippen molar-refractivity contribution in [1.29, 1.82) is 0 Å². The third-order valence-electron chi connectivity index (χ3n) is 5.73. The van der Waals surface area contributed by atoms with Crippen molar-refractivity contribution < 1.29 is 23.9 Å². The number of hydrogen-bond acceptors (Lipinski definition) is 5. The van der Waals surface area contributed by atoms with Crippen molar-refractivity contribution in [2.24, 2.45) is 0 Å². The van der Waals surface area contributed by atoms with Crippen molar-refractivity contribution in [2.75, 3.05) is 18.5 Å². The third-order valence-corrected chi connectivity index (χ3v) is 5.73. The molecular formula is C28H25N3O5. The predicted octanol–water partition coefficient (Wildman–Crippen LogP) is 4.74. The van der Waals surface area contributed by atoms with Crippen LogP contribution in [0.25, 0.3) is 11.1 Å². The molecule has 4 rings (SSSR count). The van der Waals surface area contributed by atoms with Crippen LogP contribution in [0.2, 0.25) is 0 Å². The third kappa shape index (κ3) is 5.50. The molecule has 0 fully saturated rings. The van der Waals surface area contributed by atoms with E-state index in [1.165, 1.54) is 16.1 Å². The van der Waals surface area contributed by atoms with Gasteiger partial charge < -0.3 is 14.4 Å². The Morgan fingerprint density at radius 2 is 1.53 bits per heavy atom. The number of carboxylic acids is 1. The molecule has 0 spiro atoms. The number of anilines is 1. The van der Waals surface area contributed by atoms with Gasteiger partial charge in [-0.1, -0.05) is 42.5 Å². The highest BCUT2D eigenvalue weighted by molar-refractivity contribution is 6.11. The van der Waals surface area contributed by atoms with E-state index in [-0.39, 0.29) is 31.3 Å².